The number of benzene rings is 1. The molecule has 1 aliphatic rings. The molecule has 128 valence electrons. The number of aromatic nitrogens is 4. The second-order valence-electron chi connectivity index (χ2n) is 6.07. The Morgan fingerprint density at radius 1 is 0.920 bits per heavy atom. The van der Waals surface area contributed by atoms with Gasteiger partial charge >= 0.3 is 0 Å². The largest absolute Gasteiger partial charge is 0.480 e. The van der Waals surface area contributed by atoms with Crippen LogP contribution in [0.3, 0.4) is 0 Å². The van der Waals surface area contributed by atoms with Crippen LogP contribution in [0.25, 0.3) is 10.9 Å². The van der Waals surface area contributed by atoms with E-state index >= 15 is 0 Å². The summed E-state index contributed by atoms with van der Waals surface area (Å²) in [7, 11) is 1.63. The number of nitrogens with zero attached hydrogens (tertiary/aromatic N) is 6. The van der Waals surface area contributed by atoms with Crippen molar-refractivity contribution in [1.82, 2.24) is 19.9 Å². The molecule has 0 aliphatic carbocycles. The van der Waals surface area contributed by atoms with Gasteiger partial charge in [-0.2, -0.15) is 0 Å². The molecule has 0 amide bonds. The Morgan fingerprint density at radius 3 is 2.44 bits per heavy atom. The molecule has 0 radical (unpaired) electrons. The molecule has 7 nitrogen and oxygen atoms in total. The van der Waals surface area contributed by atoms with Gasteiger partial charge in [0.05, 0.1) is 36.1 Å². The number of hydrogen-bond donors (Lipinski definition) is 0. The Bertz CT molecular complexity index is 874. The smallest absolute Gasteiger partial charge is 0.224 e. The average molecular weight is 336 g/mol. The highest BCUT2D eigenvalue weighted by Gasteiger charge is 2.19. The normalized spacial score (nSPS) is 14.8. The maximum absolute atomic E-state index is 5.36. The molecule has 1 aliphatic heterocycles. The van der Waals surface area contributed by atoms with E-state index < -0.39 is 0 Å². The number of hydrogen-bond acceptors (Lipinski definition) is 7. The Labute approximate surface area is 146 Å². The first-order valence-corrected chi connectivity index (χ1v) is 8.32. The topological polar surface area (TPSA) is 67.3 Å². The van der Waals surface area contributed by atoms with Crippen LogP contribution in [0.15, 0.2) is 36.9 Å². The zero-order valence-electron chi connectivity index (χ0n) is 14.4. The average Bonchev–Trinajstić information content (AvgIpc) is 2.68. The molecule has 1 aromatic carbocycles. The van der Waals surface area contributed by atoms with Crippen molar-refractivity contribution >= 4 is 22.4 Å². The van der Waals surface area contributed by atoms with Gasteiger partial charge < -0.3 is 14.5 Å². The van der Waals surface area contributed by atoms with Crippen LogP contribution in [0.4, 0.5) is 11.5 Å². The summed E-state index contributed by atoms with van der Waals surface area (Å²) in [5, 5.41) is 0.939. The predicted molar refractivity (Wildman–Crippen MR) is 97.3 cm³/mol. The molecular weight excluding hydrogens is 316 g/mol. The third kappa shape index (κ3) is 3.05. The SMILES string of the molecule is COc1ncnc2ccc(N3CCN(c4cnc(C)cn4)CC3)cc12. The third-order valence-electron chi connectivity index (χ3n) is 4.51. The summed E-state index contributed by atoms with van der Waals surface area (Å²) in [6, 6.07) is 6.23. The van der Waals surface area contributed by atoms with Gasteiger partial charge in [-0.05, 0) is 25.1 Å². The molecule has 0 atom stereocenters. The number of aryl methyl sites for hydroxylation is 1. The fraction of sp³-hybridized carbons (Fsp3) is 0.333. The van der Waals surface area contributed by atoms with E-state index in [0.717, 1.165) is 54.3 Å². The molecule has 1 fully saturated rings. The molecule has 25 heavy (non-hydrogen) atoms. The highest BCUT2D eigenvalue weighted by Crippen LogP contribution is 2.27. The van der Waals surface area contributed by atoms with E-state index in [9.17, 15) is 0 Å². The van der Waals surface area contributed by atoms with Gasteiger partial charge in [-0.25, -0.2) is 15.0 Å². The van der Waals surface area contributed by atoms with Crippen molar-refractivity contribution in [1.29, 1.82) is 0 Å². The summed E-state index contributed by atoms with van der Waals surface area (Å²) in [6.07, 6.45) is 5.20. The summed E-state index contributed by atoms with van der Waals surface area (Å²) in [5.41, 5.74) is 2.99. The van der Waals surface area contributed by atoms with E-state index in [1.165, 1.54) is 6.33 Å². The van der Waals surface area contributed by atoms with Crippen LogP contribution in [0.2, 0.25) is 0 Å². The molecule has 7 heteroatoms. The van der Waals surface area contributed by atoms with Crippen molar-refractivity contribution in [2.24, 2.45) is 0 Å². The van der Waals surface area contributed by atoms with Gasteiger partial charge in [-0.1, -0.05) is 0 Å². The molecule has 0 saturated carbocycles. The Morgan fingerprint density at radius 2 is 1.72 bits per heavy atom. The zero-order chi connectivity index (χ0) is 17.2. The molecule has 0 N–H and O–H groups in total. The first-order chi connectivity index (χ1) is 12.2. The Balaban J connectivity index is 1.52. The lowest BCUT2D eigenvalue weighted by atomic mass is 10.2. The van der Waals surface area contributed by atoms with E-state index in [1.54, 1.807) is 7.11 Å². The zero-order valence-corrected chi connectivity index (χ0v) is 14.4. The monoisotopic (exact) mass is 336 g/mol. The van der Waals surface area contributed by atoms with Gasteiger partial charge in [-0.3, -0.25) is 4.98 Å². The lowest BCUT2D eigenvalue weighted by molar-refractivity contribution is 0.402. The number of fused-ring (bicyclic) bond motifs is 1. The standard InChI is InChI=1S/C18H20N6O/c1-13-10-20-17(11-19-13)24-7-5-23(6-8-24)14-3-4-16-15(9-14)18(25-2)22-12-21-16/h3-4,9-12H,5-8H2,1-2H3. The van der Waals surface area contributed by atoms with E-state index in [2.05, 4.69) is 41.9 Å². The van der Waals surface area contributed by atoms with Crippen molar-refractivity contribution in [2.75, 3.05) is 43.1 Å². The Hall–Kier alpha value is -2.96. The van der Waals surface area contributed by atoms with Crippen LogP contribution in [-0.2, 0) is 0 Å². The lowest BCUT2D eigenvalue weighted by Crippen LogP contribution is -2.46. The number of anilines is 2. The van der Waals surface area contributed by atoms with Crippen molar-refractivity contribution in [3.05, 3.63) is 42.6 Å². The van der Waals surface area contributed by atoms with Gasteiger partial charge in [0, 0.05) is 31.9 Å². The first kappa shape index (κ1) is 15.6. The maximum atomic E-state index is 5.36. The second kappa shape index (κ2) is 6.51. The van der Waals surface area contributed by atoms with Crippen LogP contribution < -0.4 is 14.5 Å². The van der Waals surface area contributed by atoms with Crippen LogP contribution in [-0.4, -0.2) is 53.2 Å². The summed E-state index contributed by atoms with van der Waals surface area (Å²) < 4.78 is 5.36. The Kier molecular flexibility index (Phi) is 4.05. The third-order valence-corrected chi connectivity index (χ3v) is 4.51. The molecule has 0 bridgehead atoms. The minimum Gasteiger partial charge on any atom is -0.480 e. The summed E-state index contributed by atoms with van der Waals surface area (Å²) in [6.45, 7) is 5.64. The molecule has 4 rings (SSSR count). The van der Waals surface area contributed by atoms with Gasteiger partial charge in [0.25, 0.3) is 0 Å². The number of ether oxygens (including phenoxy) is 1. The minimum absolute atomic E-state index is 0.611. The molecule has 0 unspecified atom stereocenters. The van der Waals surface area contributed by atoms with Gasteiger partial charge in [0.2, 0.25) is 5.88 Å². The minimum atomic E-state index is 0.611. The van der Waals surface area contributed by atoms with Crippen LogP contribution >= 0.6 is 0 Å². The van der Waals surface area contributed by atoms with Crippen molar-refractivity contribution in [3.8, 4) is 5.88 Å². The van der Waals surface area contributed by atoms with E-state index in [1.807, 2.05) is 25.4 Å². The van der Waals surface area contributed by atoms with Crippen molar-refractivity contribution in [3.63, 3.8) is 0 Å². The van der Waals surface area contributed by atoms with Crippen LogP contribution in [0, 0.1) is 6.92 Å². The van der Waals surface area contributed by atoms with E-state index in [4.69, 9.17) is 4.74 Å². The summed E-state index contributed by atoms with van der Waals surface area (Å²) in [4.78, 5) is 21.9. The van der Waals surface area contributed by atoms with Crippen molar-refractivity contribution in [2.45, 2.75) is 6.92 Å². The predicted octanol–water partition coefficient (Wildman–Crippen LogP) is 2.06. The van der Waals surface area contributed by atoms with Crippen molar-refractivity contribution < 1.29 is 4.74 Å². The number of methoxy groups -OCH3 is 1. The van der Waals surface area contributed by atoms with Crippen LogP contribution in [0.1, 0.15) is 5.69 Å². The quantitative estimate of drug-likeness (QED) is 0.725. The van der Waals surface area contributed by atoms with Crippen LogP contribution in [0.5, 0.6) is 5.88 Å². The fourth-order valence-corrected chi connectivity index (χ4v) is 3.12. The maximum Gasteiger partial charge on any atom is 0.224 e. The highest BCUT2D eigenvalue weighted by molar-refractivity contribution is 5.86. The molecule has 2 aromatic heterocycles. The molecular formula is C18H20N6O. The van der Waals surface area contributed by atoms with E-state index in [-0.39, 0.29) is 0 Å². The summed E-state index contributed by atoms with van der Waals surface area (Å²) >= 11 is 0. The lowest BCUT2D eigenvalue weighted by Gasteiger charge is -2.36. The second-order valence-corrected chi connectivity index (χ2v) is 6.07. The molecule has 3 aromatic rings. The summed E-state index contributed by atoms with van der Waals surface area (Å²) in [5.74, 6) is 1.55. The number of piperazine rings is 1. The van der Waals surface area contributed by atoms with Gasteiger partial charge in [-0.15, -0.1) is 0 Å². The van der Waals surface area contributed by atoms with Gasteiger partial charge in [0.15, 0.2) is 0 Å². The molecule has 3 heterocycles. The molecule has 0 spiro atoms. The fourth-order valence-electron chi connectivity index (χ4n) is 3.12. The van der Waals surface area contributed by atoms with Gasteiger partial charge in [0.1, 0.15) is 12.1 Å². The first-order valence-electron chi connectivity index (χ1n) is 8.32. The highest BCUT2D eigenvalue weighted by atomic mass is 16.5. The molecule has 1 saturated heterocycles. The van der Waals surface area contributed by atoms with E-state index in [0.29, 0.717) is 5.88 Å². The number of rotatable bonds is 3.